The van der Waals surface area contributed by atoms with Gasteiger partial charge in [0, 0.05) is 12.8 Å². The summed E-state index contributed by atoms with van der Waals surface area (Å²) in [4.78, 5) is 25.4. The van der Waals surface area contributed by atoms with Crippen LogP contribution in [0, 0.1) is 0 Å². The van der Waals surface area contributed by atoms with E-state index in [-0.39, 0.29) is 12.8 Å². The summed E-state index contributed by atoms with van der Waals surface area (Å²) in [7, 11) is -3.99. The number of hydrogen-bond donors (Lipinski definition) is 0. The first-order valence-electron chi connectivity index (χ1n) is 18.3. The van der Waals surface area contributed by atoms with Crippen molar-refractivity contribution in [3.8, 4) is 0 Å². The highest BCUT2D eigenvalue weighted by molar-refractivity contribution is 7.90. The van der Waals surface area contributed by atoms with E-state index in [0.29, 0.717) is 12.8 Å². The first kappa shape index (κ1) is 41.6. The quantitative estimate of drug-likeness (QED) is 0.0311. The lowest BCUT2D eigenvalue weighted by Crippen LogP contribution is -2.11. The van der Waals surface area contributed by atoms with Crippen LogP contribution in [0.2, 0.25) is 0 Å². The van der Waals surface area contributed by atoms with Gasteiger partial charge >= 0.3 is 7.37 Å². The Morgan fingerprint density at radius 2 is 0.767 bits per heavy atom. The molecule has 0 aliphatic carbocycles. The maximum absolute atomic E-state index is 13.2. The van der Waals surface area contributed by atoms with Crippen LogP contribution in [0.5, 0.6) is 0 Å². The van der Waals surface area contributed by atoms with E-state index in [1.807, 2.05) is 0 Å². The molecule has 4 nitrogen and oxygen atoms in total. The Labute approximate surface area is 267 Å². The van der Waals surface area contributed by atoms with Crippen molar-refractivity contribution >= 4 is 18.4 Å². The maximum Gasteiger partial charge on any atom is 0.375 e. The minimum atomic E-state index is -3.99. The van der Waals surface area contributed by atoms with Crippen LogP contribution in [0.1, 0.15) is 194 Å². The zero-order chi connectivity index (χ0) is 31.7. The van der Waals surface area contributed by atoms with Gasteiger partial charge in [0.05, 0.1) is 6.26 Å². The molecule has 0 unspecified atom stereocenters. The van der Waals surface area contributed by atoms with Crippen LogP contribution in [-0.2, 0) is 18.7 Å². The number of unbranched alkanes of at least 4 members (excludes halogenated alkanes) is 22. The SMILES string of the molecule is C=COP(=O)(C(=O)CCCCCCC/C=C\CCCCCCCC)C(=O)CCCCCCC/C=C\CCCCCCCC. The fourth-order valence-corrected chi connectivity index (χ4v) is 6.98. The second-order valence-electron chi connectivity index (χ2n) is 12.3. The number of hydrogen-bond acceptors (Lipinski definition) is 4. The van der Waals surface area contributed by atoms with Gasteiger partial charge in [0.15, 0.2) is 0 Å². The summed E-state index contributed by atoms with van der Waals surface area (Å²) in [6, 6.07) is 0. The lowest BCUT2D eigenvalue weighted by atomic mass is 10.1. The lowest BCUT2D eigenvalue weighted by molar-refractivity contribution is -0.116. The second kappa shape index (κ2) is 32.0. The number of allylic oxidation sites excluding steroid dienone is 4. The minimum absolute atomic E-state index is 0.140. The van der Waals surface area contributed by atoms with Crippen LogP contribution >= 0.6 is 7.37 Å². The smallest absolute Gasteiger partial charge is 0.375 e. The molecule has 0 spiro atoms. The Balaban J connectivity index is 3.90. The number of carbonyl (C=O) groups excluding carboxylic acids is 2. The predicted molar refractivity (Wildman–Crippen MR) is 188 cm³/mol. The molecular formula is C38H69O4P. The van der Waals surface area contributed by atoms with Crippen LogP contribution in [-0.4, -0.2) is 11.0 Å². The van der Waals surface area contributed by atoms with E-state index >= 15 is 0 Å². The molecule has 0 N–H and O–H groups in total. The van der Waals surface area contributed by atoms with Crippen molar-refractivity contribution in [3.63, 3.8) is 0 Å². The monoisotopic (exact) mass is 620 g/mol. The molecule has 0 atom stereocenters. The molecule has 0 aliphatic rings. The van der Waals surface area contributed by atoms with E-state index in [2.05, 4.69) is 44.7 Å². The minimum Gasteiger partial charge on any atom is -0.442 e. The Morgan fingerprint density at radius 1 is 0.488 bits per heavy atom. The Kier molecular flexibility index (Phi) is 30.9. The van der Waals surface area contributed by atoms with E-state index in [4.69, 9.17) is 4.52 Å². The Bertz CT molecular complexity index is 714. The third-order valence-electron chi connectivity index (χ3n) is 8.18. The van der Waals surface area contributed by atoms with Gasteiger partial charge in [-0.3, -0.25) is 14.2 Å². The molecule has 0 amide bonds. The molecule has 250 valence electrons. The highest BCUT2D eigenvalue weighted by Crippen LogP contribution is 2.51. The van der Waals surface area contributed by atoms with Gasteiger partial charge in [-0.15, -0.1) is 0 Å². The summed E-state index contributed by atoms with van der Waals surface area (Å²) in [6.07, 6.45) is 41.0. The summed E-state index contributed by atoms with van der Waals surface area (Å²) in [5.74, 6) is 0. The molecule has 0 fully saturated rings. The van der Waals surface area contributed by atoms with Crippen LogP contribution in [0.25, 0.3) is 0 Å². The molecule has 5 heteroatoms. The largest absolute Gasteiger partial charge is 0.442 e. The van der Waals surface area contributed by atoms with Gasteiger partial charge in [-0.2, -0.15) is 0 Å². The van der Waals surface area contributed by atoms with Gasteiger partial charge in [0.25, 0.3) is 0 Å². The first-order valence-corrected chi connectivity index (χ1v) is 19.9. The van der Waals surface area contributed by atoms with E-state index in [1.165, 1.54) is 89.9 Å². The molecule has 43 heavy (non-hydrogen) atoms. The average molecular weight is 621 g/mol. The fraction of sp³-hybridized carbons (Fsp3) is 0.789. The van der Waals surface area contributed by atoms with Gasteiger partial charge in [0.1, 0.15) is 0 Å². The molecule has 0 heterocycles. The summed E-state index contributed by atoms with van der Waals surface area (Å²) in [6.45, 7) is 7.96. The molecule has 0 aromatic carbocycles. The third-order valence-corrected chi connectivity index (χ3v) is 10.4. The standard InChI is InChI=1S/C38H69O4P/c1-4-7-9-11-13-15-17-19-21-23-25-27-29-31-33-35-37(39)43(41,42-6-3)38(40)36-34-32-30-28-26-24-22-20-18-16-14-12-10-8-5-2/h6,19-22H,3-5,7-18,23-36H2,1-2H3/b21-19-,22-20-. The van der Waals surface area contributed by atoms with Crippen molar-refractivity contribution < 1.29 is 18.7 Å². The fourth-order valence-electron chi connectivity index (χ4n) is 5.35. The topological polar surface area (TPSA) is 60.4 Å². The molecule has 0 saturated carbocycles. The zero-order valence-corrected chi connectivity index (χ0v) is 29.4. The predicted octanol–water partition coefficient (Wildman–Crippen LogP) is 13.6. The van der Waals surface area contributed by atoms with Gasteiger partial charge in [-0.05, 0) is 64.2 Å². The van der Waals surface area contributed by atoms with Crippen molar-refractivity contribution in [2.24, 2.45) is 0 Å². The molecular weight excluding hydrogens is 551 g/mol. The number of carbonyl (C=O) groups is 2. The van der Waals surface area contributed by atoms with Crippen molar-refractivity contribution in [2.75, 3.05) is 0 Å². The highest BCUT2D eigenvalue weighted by Gasteiger charge is 2.40. The van der Waals surface area contributed by atoms with Crippen molar-refractivity contribution in [3.05, 3.63) is 37.1 Å². The van der Waals surface area contributed by atoms with E-state index in [1.54, 1.807) is 0 Å². The van der Waals surface area contributed by atoms with Crippen LogP contribution in [0.4, 0.5) is 0 Å². The highest BCUT2D eigenvalue weighted by atomic mass is 31.2. The molecule has 0 rings (SSSR count). The summed E-state index contributed by atoms with van der Waals surface area (Å²) in [5, 5.41) is 0. The summed E-state index contributed by atoms with van der Waals surface area (Å²) < 4.78 is 18.3. The second-order valence-corrected chi connectivity index (χ2v) is 14.6. The van der Waals surface area contributed by atoms with E-state index in [0.717, 1.165) is 70.5 Å². The maximum atomic E-state index is 13.2. The van der Waals surface area contributed by atoms with Gasteiger partial charge in [-0.1, -0.05) is 147 Å². The molecule has 0 aromatic rings. The molecule has 0 radical (unpaired) electrons. The first-order chi connectivity index (χ1) is 21.0. The van der Waals surface area contributed by atoms with Crippen LogP contribution in [0.15, 0.2) is 37.1 Å². The van der Waals surface area contributed by atoms with Crippen LogP contribution in [0.3, 0.4) is 0 Å². The van der Waals surface area contributed by atoms with Crippen molar-refractivity contribution in [1.29, 1.82) is 0 Å². The molecule has 0 bridgehead atoms. The van der Waals surface area contributed by atoms with Crippen molar-refractivity contribution in [1.82, 2.24) is 0 Å². The molecule has 0 aromatic heterocycles. The average Bonchev–Trinajstić information content (AvgIpc) is 3.00. The van der Waals surface area contributed by atoms with Crippen LogP contribution < -0.4 is 0 Å². The van der Waals surface area contributed by atoms with E-state index in [9.17, 15) is 14.2 Å². The van der Waals surface area contributed by atoms with Gasteiger partial charge in [0.2, 0.25) is 11.0 Å². The Morgan fingerprint density at radius 3 is 1.07 bits per heavy atom. The van der Waals surface area contributed by atoms with Crippen molar-refractivity contribution in [2.45, 2.75) is 194 Å². The van der Waals surface area contributed by atoms with Gasteiger partial charge < -0.3 is 4.52 Å². The number of rotatable bonds is 34. The van der Waals surface area contributed by atoms with Gasteiger partial charge in [-0.25, -0.2) is 0 Å². The van der Waals surface area contributed by atoms with E-state index < -0.39 is 18.4 Å². The summed E-state index contributed by atoms with van der Waals surface area (Å²) in [5.41, 5.74) is -1.08. The third kappa shape index (κ3) is 25.6. The zero-order valence-electron chi connectivity index (χ0n) is 28.5. The Hall–Kier alpha value is -1.41. The normalized spacial score (nSPS) is 12.0. The molecule has 0 aliphatic heterocycles. The molecule has 0 saturated heterocycles. The summed E-state index contributed by atoms with van der Waals surface area (Å²) >= 11 is 0. The lowest BCUT2D eigenvalue weighted by Gasteiger charge is -2.14.